The van der Waals surface area contributed by atoms with E-state index in [1.54, 1.807) is 6.07 Å². The van der Waals surface area contributed by atoms with Crippen molar-refractivity contribution >= 4 is 56.8 Å². The molecule has 0 saturated carbocycles. The molecule has 0 aliphatic rings. The standard InChI is InChI=1S/C19H12ClN3O3S/c20-13-6-5-12(10-21)15(9-13)22-17(24)11-26-19(25)8-7-18-23-14-3-1-2-4-16(14)27-18/h1-9H,11H2,(H,22,24)/b8-7+. The lowest BCUT2D eigenvalue weighted by Crippen LogP contribution is -2.20. The van der Waals surface area contributed by atoms with Crippen LogP contribution in [0, 0.1) is 11.3 Å². The molecule has 8 heteroatoms. The Bertz CT molecular complexity index is 1050. The summed E-state index contributed by atoms with van der Waals surface area (Å²) in [5, 5.41) is 12.6. The Morgan fingerprint density at radius 3 is 2.89 bits per heavy atom. The van der Waals surface area contributed by atoms with Gasteiger partial charge in [0.1, 0.15) is 11.1 Å². The maximum atomic E-state index is 11.9. The highest BCUT2D eigenvalue weighted by atomic mass is 35.5. The summed E-state index contributed by atoms with van der Waals surface area (Å²) >= 11 is 7.30. The summed E-state index contributed by atoms with van der Waals surface area (Å²) < 4.78 is 5.91. The van der Waals surface area contributed by atoms with Crippen LogP contribution in [0.4, 0.5) is 5.69 Å². The van der Waals surface area contributed by atoms with E-state index < -0.39 is 18.5 Å². The van der Waals surface area contributed by atoms with Gasteiger partial charge in [0.15, 0.2) is 6.61 Å². The fourth-order valence-electron chi connectivity index (χ4n) is 2.19. The number of halogens is 1. The number of rotatable bonds is 5. The summed E-state index contributed by atoms with van der Waals surface area (Å²) in [5.74, 6) is -1.24. The third-order valence-corrected chi connectivity index (χ3v) is 4.63. The molecule has 1 heterocycles. The van der Waals surface area contributed by atoms with Crippen molar-refractivity contribution < 1.29 is 14.3 Å². The molecule has 134 valence electrons. The van der Waals surface area contributed by atoms with E-state index in [1.165, 1.54) is 35.6 Å². The maximum Gasteiger partial charge on any atom is 0.331 e. The number of hydrogen-bond donors (Lipinski definition) is 1. The number of nitrogens with zero attached hydrogens (tertiary/aromatic N) is 2. The number of thiazole rings is 1. The average molecular weight is 398 g/mol. The van der Waals surface area contributed by atoms with Crippen LogP contribution in [-0.2, 0) is 14.3 Å². The minimum Gasteiger partial charge on any atom is -0.452 e. The number of carbonyl (C=O) groups is 2. The van der Waals surface area contributed by atoms with E-state index in [1.807, 2.05) is 30.3 Å². The number of para-hydroxylation sites is 1. The quantitative estimate of drug-likeness (QED) is 0.518. The molecule has 0 radical (unpaired) electrons. The number of fused-ring (bicyclic) bond motifs is 1. The molecule has 27 heavy (non-hydrogen) atoms. The maximum absolute atomic E-state index is 11.9. The summed E-state index contributed by atoms with van der Waals surface area (Å²) in [6, 6.07) is 14.1. The largest absolute Gasteiger partial charge is 0.452 e. The highest BCUT2D eigenvalue weighted by molar-refractivity contribution is 7.19. The van der Waals surface area contributed by atoms with Crippen molar-refractivity contribution in [3.8, 4) is 6.07 Å². The highest BCUT2D eigenvalue weighted by Crippen LogP contribution is 2.22. The highest BCUT2D eigenvalue weighted by Gasteiger charge is 2.10. The monoisotopic (exact) mass is 397 g/mol. The van der Waals surface area contributed by atoms with Gasteiger partial charge in [-0.1, -0.05) is 23.7 Å². The lowest BCUT2D eigenvalue weighted by atomic mass is 10.2. The predicted octanol–water partition coefficient (Wildman–Crippen LogP) is 4.02. The van der Waals surface area contributed by atoms with E-state index >= 15 is 0 Å². The molecule has 0 aliphatic heterocycles. The van der Waals surface area contributed by atoms with Crippen molar-refractivity contribution in [3.05, 3.63) is 64.1 Å². The first-order valence-corrected chi connectivity index (χ1v) is 8.94. The molecule has 0 saturated heterocycles. The molecule has 1 aromatic heterocycles. The average Bonchev–Trinajstić information content (AvgIpc) is 3.08. The van der Waals surface area contributed by atoms with Gasteiger partial charge in [-0.15, -0.1) is 11.3 Å². The second-order valence-corrected chi connectivity index (χ2v) is 6.81. The van der Waals surface area contributed by atoms with Gasteiger partial charge in [-0.25, -0.2) is 9.78 Å². The van der Waals surface area contributed by atoms with Crippen molar-refractivity contribution in [2.24, 2.45) is 0 Å². The smallest absolute Gasteiger partial charge is 0.331 e. The van der Waals surface area contributed by atoms with Crippen molar-refractivity contribution in [1.82, 2.24) is 4.98 Å². The van der Waals surface area contributed by atoms with Gasteiger partial charge >= 0.3 is 5.97 Å². The van der Waals surface area contributed by atoms with Crippen molar-refractivity contribution in [3.63, 3.8) is 0 Å². The number of aromatic nitrogens is 1. The zero-order chi connectivity index (χ0) is 19.2. The summed E-state index contributed by atoms with van der Waals surface area (Å²) in [4.78, 5) is 28.1. The number of carbonyl (C=O) groups excluding carboxylic acids is 2. The third-order valence-electron chi connectivity index (χ3n) is 3.39. The molecule has 3 aromatic rings. The zero-order valence-corrected chi connectivity index (χ0v) is 15.4. The van der Waals surface area contributed by atoms with Gasteiger partial charge in [-0.2, -0.15) is 5.26 Å². The van der Waals surface area contributed by atoms with Gasteiger partial charge in [0, 0.05) is 11.1 Å². The number of nitriles is 1. The Kier molecular flexibility index (Phi) is 5.81. The van der Waals surface area contributed by atoms with Gasteiger partial charge in [-0.3, -0.25) is 4.79 Å². The van der Waals surface area contributed by atoms with Crippen LogP contribution < -0.4 is 5.32 Å². The molecule has 1 amide bonds. The minimum absolute atomic E-state index is 0.259. The SMILES string of the molecule is N#Cc1ccc(Cl)cc1NC(=O)COC(=O)/C=C/c1nc2ccccc2s1. The van der Waals surface area contributed by atoms with E-state index in [4.69, 9.17) is 21.6 Å². The number of hydrogen-bond acceptors (Lipinski definition) is 6. The van der Waals surface area contributed by atoms with Gasteiger partial charge < -0.3 is 10.1 Å². The van der Waals surface area contributed by atoms with Crippen LogP contribution in [-0.4, -0.2) is 23.5 Å². The lowest BCUT2D eigenvalue weighted by Gasteiger charge is -2.07. The van der Waals surface area contributed by atoms with Crippen molar-refractivity contribution in [1.29, 1.82) is 5.26 Å². The molecule has 0 atom stereocenters. The van der Waals surface area contributed by atoms with Crippen LogP contribution in [0.2, 0.25) is 5.02 Å². The molecular weight excluding hydrogens is 386 g/mol. The Morgan fingerprint density at radius 1 is 1.30 bits per heavy atom. The molecule has 6 nitrogen and oxygen atoms in total. The van der Waals surface area contributed by atoms with E-state index in [-0.39, 0.29) is 11.3 Å². The molecule has 2 aromatic carbocycles. The Morgan fingerprint density at radius 2 is 2.11 bits per heavy atom. The van der Waals surface area contributed by atoms with Crippen LogP contribution in [0.1, 0.15) is 10.6 Å². The number of amides is 1. The Labute approximate surface area is 163 Å². The van der Waals surface area contributed by atoms with E-state index in [2.05, 4.69) is 10.3 Å². The topological polar surface area (TPSA) is 92.1 Å². The molecule has 0 fully saturated rings. The molecular formula is C19H12ClN3O3S. The molecule has 0 unspecified atom stereocenters. The van der Waals surface area contributed by atoms with E-state index in [0.717, 1.165) is 10.2 Å². The number of anilines is 1. The molecule has 1 N–H and O–H groups in total. The van der Waals surface area contributed by atoms with Gasteiger partial charge in [0.25, 0.3) is 5.91 Å². The van der Waals surface area contributed by atoms with Crippen molar-refractivity contribution in [2.75, 3.05) is 11.9 Å². The summed E-state index contributed by atoms with van der Waals surface area (Å²) in [6.07, 6.45) is 2.75. The van der Waals surface area contributed by atoms with Crippen LogP contribution in [0.15, 0.2) is 48.5 Å². The van der Waals surface area contributed by atoms with E-state index in [0.29, 0.717) is 10.0 Å². The fraction of sp³-hybridized carbons (Fsp3) is 0.0526. The summed E-state index contributed by atoms with van der Waals surface area (Å²) in [7, 11) is 0. The number of esters is 1. The third kappa shape index (κ3) is 4.91. The van der Waals surface area contributed by atoms with Crippen LogP contribution in [0.3, 0.4) is 0 Å². The molecule has 3 rings (SSSR count). The molecule has 0 aliphatic carbocycles. The van der Waals surface area contributed by atoms with Crippen molar-refractivity contribution in [2.45, 2.75) is 0 Å². The Hall–Kier alpha value is -3.21. The molecule has 0 bridgehead atoms. The zero-order valence-electron chi connectivity index (χ0n) is 13.8. The van der Waals surface area contributed by atoms with Crippen LogP contribution in [0.5, 0.6) is 0 Å². The normalized spacial score (nSPS) is 10.7. The number of nitrogens with one attached hydrogen (secondary N) is 1. The first kappa shape index (κ1) is 18.6. The first-order chi connectivity index (χ1) is 13.0. The molecule has 0 spiro atoms. The first-order valence-electron chi connectivity index (χ1n) is 7.75. The minimum atomic E-state index is -0.670. The van der Waals surface area contributed by atoms with E-state index in [9.17, 15) is 9.59 Å². The predicted molar refractivity (Wildman–Crippen MR) is 104 cm³/mol. The van der Waals surface area contributed by atoms with Gasteiger partial charge in [0.2, 0.25) is 0 Å². The van der Waals surface area contributed by atoms with Gasteiger partial charge in [-0.05, 0) is 36.4 Å². The van der Waals surface area contributed by atoms with Crippen LogP contribution in [0.25, 0.3) is 16.3 Å². The number of ether oxygens (including phenoxy) is 1. The second kappa shape index (κ2) is 8.45. The van der Waals surface area contributed by atoms with Crippen LogP contribution >= 0.6 is 22.9 Å². The van der Waals surface area contributed by atoms with Gasteiger partial charge in [0.05, 0.1) is 21.5 Å². The summed E-state index contributed by atoms with van der Waals surface area (Å²) in [6.45, 7) is -0.486. The lowest BCUT2D eigenvalue weighted by molar-refractivity contribution is -0.142. The fourth-order valence-corrected chi connectivity index (χ4v) is 3.23. The Balaban J connectivity index is 1.55. The summed E-state index contributed by atoms with van der Waals surface area (Å²) in [5.41, 5.74) is 1.37. The second-order valence-electron chi connectivity index (χ2n) is 5.31. The number of benzene rings is 2.